The molecule has 1 aromatic carbocycles. The molecule has 0 spiro atoms. The second kappa shape index (κ2) is 6.24. The highest BCUT2D eigenvalue weighted by molar-refractivity contribution is 9.11. The first-order valence-electron chi connectivity index (χ1n) is 5.26. The maximum atomic E-state index is 13.4. The summed E-state index contributed by atoms with van der Waals surface area (Å²) in [6.07, 6.45) is 1.64. The van der Waals surface area contributed by atoms with Gasteiger partial charge in [0.2, 0.25) is 0 Å². The van der Waals surface area contributed by atoms with Crippen LogP contribution in [-0.2, 0) is 6.42 Å². The van der Waals surface area contributed by atoms with E-state index in [1.165, 1.54) is 6.07 Å². The molecule has 1 aromatic heterocycles. The molecule has 0 radical (unpaired) electrons. The van der Waals surface area contributed by atoms with Crippen molar-refractivity contribution in [3.05, 3.63) is 61.0 Å². The molecule has 0 unspecified atom stereocenters. The summed E-state index contributed by atoms with van der Waals surface area (Å²) < 4.78 is 15.1. The first kappa shape index (κ1) is 14.8. The Morgan fingerprint density at radius 2 is 2.00 bits per heavy atom. The van der Waals surface area contributed by atoms with Crippen molar-refractivity contribution in [3.8, 4) is 0 Å². The SMILES string of the molecule is O=C(Cc1cccc(F)c1Br)c1ncc(Br)cc1Br. The largest absolute Gasteiger partial charge is 0.292 e. The molecule has 98 valence electrons. The summed E-state index contributed by atoms with van der Waals surface area (Å²) in [5, 5.41) is 0. The topological polar surface area (TPSA) is 30.0 Å². The van der Waals surface area contributed by atoms with Gasteiger partial charge in [-0.1, -0.05) is 12.1 Å². The van der Waals surface area contributed by atoms with Gasteiger partial charge < -0.3 is 0 Å². The van der Waals surface area contributed by atoms with E-state index in [-0.39, 0.29) is 18.0 Å². The molecule has 0 saturated heterocycles. The smallest absolute Gasteiger partial charge is 0.186 e. The first-order chi connectivity index (χ1) is 8.99. The van der Waals surface area contributed by atoms with Crippen molar-refractivity contribution in [2.75, 3.05) is 0 Å². The number of rotatable bonds is 3. The van der Waals surface area contributed by atoms with Crippen LogP contribution in [0.3, 0.4) is 0 Å². The number of carbonyl (C=O) groups excluding carboxylic acids is 1. The van der Waals surface area contributed by atoms with Crippen LogP contribution in [0.2, 0.25) is 0 Å². The van der Waals surface area contributed by atoms with Gasteiger partial charge in [0.15, 0.2) is 5.78 Å². The Morgan fingerprint density at radius 1 is 1.26 bits per heavy atom. The molecule has 0 N–H and O–H groups in total. The maximum absolute atomic E-state index is 13.4. The third kappa shape index (κ3) is 3.49. The lowest BCUT2D eigenvalue weighted by Crippen LogP contribution is -2.08. The minimum atomic E-state index is -0.381. The normalized spacial score (nSPS) is 10.5. The summed E-state index contributed by atoms with van der Waals surface area (Å²) in [7, 11) is 0. The Kier molecular flexibility index (Phi) is 4.86. The Morgan fingerprint density at radius 3 is 2.68 bits per heavy atom. The second-order valence-corrected chi connectivity index (χ2v) is 6.36. The van der Waals surface area contributed by atoms with Gasteiger partial charge in [-0.05, 0) is 65.5 Å². The van der Waals surface area contributed by atoms with E-state index in [0.29, 0.717) is 20.2 Å². The molecule has 2 nitrogen and oxygen atoms in total. The lowest BCUT2D eigenvalue weighted by Gasteiger charge is -2.06. The fourth-order valence-corrected chi connectivity index (χ4v) is 3.17. The van der Waals surface area contributed by atoms with Crippen molar-refractivity contribution in [3.63, 3.8) is 0 Å². The highest BCUT2D eigenvalue weighted by Crippen LogP contribution is 2.24. The number of nitrogens with zero attached hydrogens (tertiary/aromatic N) is 1. The highest BCUT2D eigenvalue weighted by atomic mass is 79.9. The zero-order valence-corrected chi connectivity index (χ0v) is 14.2. The van der Waals surface area contributed by atoms with Gasteiger partial charge in [-0.25, -0.2) is 4.39 Å². The van der Waals surface area contributed by atoms with Crippen molar-refractivity contribution in [2.24, 2.45) is 0 Å². The number of carbonyl (C=O) groups is 1. The molecule has 0 bridgehead atoms. The van der Waals surface area contributed by atoms with Crippen LogP contribution >= 0.6 is 47.8 Å². The van der Waals surface area contributed by atoms with Crippen molar-refractivity contribution in [1.82, 2.24) is 4.98 Å². The quantitative estimate of drug-likeness (QED) is 0.619. The molecule has 0 amide bonds. The van der Waals surface area contributed by atoms with Crippen LogP contribution in [0.1, 0.15) is 16.1 Å². The van der Waals surface area contributed by atoms with Crippen LogP contribution < -0.4 is 0 Å². The lowest BCUT2D eigenvalue weighted by molar-refractivity contribution is 0.0987. The number of pyridine rings is 1. The van der Waals surface area contributed by atoms with Crippen LogP contribution in [0.4, 0.5) is 4.39 Å². The summed E-state index contributed by atoms with van der Waals surface area (Å²) in [6, 6.07) is 6.37. The Hall–Kier alpha value is -0.590. The van der Waals surface area contributed by atoms with Crippen molar-refractivity contribution in [1.29, 1.82) is 0 Å². The molecule has 6 heteroatoms. The van der Waals surface area contributed by atoms with Gasteiger partial charge in [-0.2, -0.15) is 0 Å². The molecule has 2 aromatic rings. The Bertz CT molecular complexity index is 646. The van der Waals surface area contributed by atoms with Crippen molar-refractivity contribution < 1.29 is 9.18 Å². The van der Waals surface area contributed by atoms with E-state index in [1.54, 1.807) is 24.4 Å². The molecule has 0 saturated carbocycles. The van der Waals surface area contributed by atoms with Gasteiger partial charge in [-0.3, -0.25) is 9.78 Å². The number of Topliss-reactive ketones (excluding diaryl/α,β-unsaturated/α-hetero) is 1. The van der Waals surface area contributed by atoms with E-state index in [4.69, 9.17) is 0 Å². The molecule has 1 heterocycles. The van der Waals surface area contributed by atoms with E-state index in [2.05, 4.69) is 52.8 Å². The molecule has 0 aliphatic rings. The summed E-state index contributed by atoms with van der Waals surface area (Å²) >= 11 is 9.71. The third-order valence-electron chi connectivity index (χ3n) is 2.45. The van der Waals surface area contributed by atoms with Crippen LogP contribution in [0.25, 0.3) is 0 Å². The first-order valence-corrected chi connectivity index (χ1v) is 7.64. The van der Waals surface area contributed by atoms with E-state index < -0.39 is 0 Å². The highest BCUT2D eigenvalue weighted by Gasteiger charge is 2.15. The predicted molar refractivity (Wildman–Crippen MR) is 81.8 cm³/mol. The number of ketones is 1. The number of benzene rings is 1. The van der Waals surface area contributed by atoms with Crippen molar-refractivity contribution in [2.45, 2.75) is 6.42 Å². The fourth-order valence-electron chi connectivity index (χ4n) is 1.56. The van der Waals surface area contributed by atoms with Crippen LogP contribution in [0.15, 0.2) is 43.9 Å². The van der Waals surface area contributed by atoms with Gasteiger partial charge >= 0.3 is 0 Å². The Balaban J connectivity index is 2.28. The average molecular weight is 452 g/mol. The van der Waals surface area contributed by atoms with E-state index in [1.807, 2.05) is 0 Å². The molecule has 19 heavy (non-hydrogen) atoms. The van der Waals surface area contributed by atoms with Gasteiger partial charge in [-0.15, -0.1) is 0 Å². The van der Waals surface area contributed by atoms with Gasteiger partial charge in [0.1, 0.15) is 11.5 Å². The third-order valence-corrected chi connectivity index (χ3v) is 4.38. The van der Waals surface area contributed by atoms with Crippen LogP contribution in [0.5, 0.6) is 0 Å². The van der Waals surface area contributed by atoms with Crippen LogP contribution in [0, 0.1) is 5.82 Å². The van der Waals surface area contributed by atoms with E-state index >= 15 is 0 Å². The van der Waals surface area contributed by atoms with E-state index in [9.17, 15) is 9.18 Å². The average Bonchev–Trinajstić information content (AvgIpc) is 2.34. The molecule has 0 atom stereocenters. The minimum absolute atomic E-state index is 0.0889. The van der Waals surface area contributed by atoms with E-state index in [0.717, 1.165) is 4.47 Å². The number of halogens is 4. The second-order valence-electron chi connectivity index (χ2n) is 3.80. The molecule has 2 rings (SSSR count). The molecule has 0 fully saturated rings. The zero-order valence-electron chi connectivity index (χ0n) is 9.46. The monoisotopic (exact) mass is 449 g/mol. The summed E-state index contributed by atoms with van der Waals surface area (Å²) in [5.41, 5.74) is 0.931. The standard InChI is InChI=1S/C13H7Br3FNO/c14-8-5-9(15)13(18-6-8)11(19)4-7-2-1-3-10(17)12(7)16/h1-3,5-6H,4H2. The van der Waals surface area contributed by atoms with Gasteiger partial charge in [0.05, 0.1) is 4.47 Å². The van der Waals surface area contributed by atoms with Gasteiger partial charge in [0, 0.05) is 21.6 Å². The molecule has 0 aliphatic heterocycles. The summed E-state index contributed by atoms with van der Waals surface area (Å²) in [4.78, 5) is 16.2. The summed E-state index contributed by atoms with van der Waals surface area (Å²) in [6.45, 7) is 0. The molecular weight excluding hydrogens is 445 g/mol. The number of hydrogen-bond acceptors (Lipinski definition) is 2. The fraction of sp³-hybridized carbons (Fsp3) is 0.0769. The summed E-state index contributed by atoms with van der Waals surface area (Å²) in [5.74, 6) is -0.557. The minimum Gasteiger partial charge on any atom is -0.292 e. The van der Waals surface area contributed by atoms with Crippen LogP contribution in [-0.4, -0.2) is 10.8 Å². The zero-order chi connectivity index (χ0) is 14.0. The Labute approximate surface area is 134 Å². The number of hydrogen-bond donors (Lipinski definition) is 0. The lowest BCUT2D eigenvalue weighted by atomic mass is 10.1. The van der Waals surface area contributed by atoms with Gasteiger partial charge in [0.25, 0.3) is 0 Å². The van der Waals surface area contributed by atoms with Crippen molar-refractivity contribution >= 4 is 53.6 Å². The molecular formula is C13H7Br3FNO. The predicted octanol–water partition coefficient (Wildman–Crippen LogP) is 4.93. The molecule has 0 aliphatic carbocycles. The number of aromatic nitrogens is 1. The maximum Gasteiger partial charge on any atom is 0.186 e.